The molecule has 0 radical (unpaired) electrons. The van der Waals surface area contributed by atoms with Crippen molar-refractivity contribution in [3.05, 3.63) is 56.8 Å². The molecule has 0 unspecified atom stereocenters. The minimum Gasteiger partial charge on any atom is -0.495 e. The molecule has 21 heavy (non-hydrogen) atoms. The molecule has 0 saturated heterocycles. The highest BCUT2D eigenvalue weighted by atomic mass is 32.1. The van der Waals surface area contributed by atoms with Crippen LogP contribution in [-0.2, 0) is 4.79 Å². The first-order valence-electron chi connectivity index (χ1n) is 5.94. The molecule has 6 nitrogen and oxygen atoms in total. The van der Waals surface area contributed by atoms with E-state index >= 15 is 0 Å². The molecular weight excluding hydrogens is 292 g/mol. The molecule has 0 atom stereocenters. The second-order valence-corrected chi connectivity index (χ2v) is 4.80. The summed E-state index contributed by atoms with van der Waals surface area (Å²) in [5.41, 5.74) is 1.06. The zero-order valence-electron chi connectivity index (χ0n) is 11.1. The number of anilines is 1. The van der Waals surface area contributed by atoms with Crippen LogP contribution in [0.25, 0.3) is 6.08 Å². The van der Waals surface area contributed by atoms with E-state index in [0.717, 1.165) is 5.56 Å². The molecule has 0 bridgehead atoms. The normalized spacial score (nSPS) is 10.5. The van der Waals surface area contributed by atoms with Crippen molar-refractivity contribution in [1.82, 2.24) is 0 Å². The van der Waals surface area contributed by atoms with Gasteiger partial charge in [-0.1, -0.05) is 0 Å². The van der Waals surface area contributed by atoms with E-state index in [2.05, 4.69) is 5.32 Å². The van der Waals surface area contributed by atoms with Crippen molar-refractivity contribution in [3.8, 4) is 5.75 Å². The van der Waals surface area contributed by atoms with Crippen LogP contribution in [0, 0.1) is 10.1 Å². The molecule has 0 aliphatic heterocycles. The van der Waals surface area contributed by atoms with E-state index in [1.165, 1.54) is 42.7 Å². The molecule has 2 rings (SSSR count). The number of benzene rings is 1. The smallest absolute Gasteiger partial charge is 0.271 e. The van der Waals surface area contributed by atoms with Gasteiger partial charge in [0.2, 0.25) is 5.91 Å². The number of carbonyl (C=O) groups excluding carboxylic acids is 1. The Hall–Kier alpha value is -2.67. The Kier molecular flexibility index (Phi) is 4.68. The van der Waals surface area contributed by atoms with Gasteiger partial charge in [-0.15, -0.1) is 0 Å². The maximum Gasteiger partial charge on any atom is 0.271 e. The number of thiophene rings is 1. The number of hydrogen-bond acceptors (Lipinski definition) is 5. The standard InChI is InChI=1S/C14H12N2O4S/c1-20-13-4-3-11(16(18)19)8-12(13)15-14(17)5-2-10-6-7-21-9-10/h2-9H,1H3,(H,15,17)/b5-2+. The Morgan fingerprint density at radius 1 is 1.43 bits per heavy atom. The summed E-state index contributed by atoms with van der Waals surface area (Å²) in [6, 6.07) is 5.89. The Morgan fingerprint density at radius 2 is 2.24 bits per heavy atom. The molecule has 1 aromatic heterocycles. The molecular formula is C14H12N2O4S. The van der Waals surface area contributed by atoms with Gasteiger partial charge in [0, 0.05) is 18.2 Å². The molecule has 0 spiro atoms. The Bertz CT molecular complexity index is 680. The van der Waals surface area contributed by atoms with Crippen LogP contribution in [0.4, 0.5) is 11.4 Å². The molecule has 1 amide bonds. The number of amides is 1. The van der Waals surface area contributed by atoms with E-state index in [9.17, 15) is 14.9 Å². The predicted molar refractivity (Wildman–Crippen MR) is 81.6 cm³/mol. The van der Waals surface area contributed by atoms with E-state index in [-0.39, 0.29) is 17.3 Å². The van der Waals surface area contributed by atoms with Crippen LogP contribution in [0.1, 0.15) is 5.56 Å². The SMILES string of the molecule is COc1ccc([N+](=O)[O-])cc1NC(=O)/C=C/c1ccsc1. The van der Waals surface area contributed by atoms with Crippen LogP contribution >= 0.6 is 11.3 Å². The van der Waals surface area contributed by atoms with Gasteiger partial charge in [0.1, 0.15) is 5.75 Å². The van der Waals surface area contributed by atoms with Gasteiger partial charge in [-0.25, -0.2) is 0 Å². The molecule has 0 aliphatic carbocycles. The van der Waals surface area contributed by atoms with Crippen molar-refractivity contribution in [2.24, 2.45) is 0 Å². The molecule has 0 saturated carbocycles. The van der Waals surface area contributed by atoms with Crippen molar-refractivity contribution < 1.29 is 14.5 Å². The number of rotatable bonds is 5. The molecule has 1 aromatic carbocycles. The number of nitrogens with zero attached hydrogens (tertiary/aromatic N) is 1. The third kappa shape index (κ3) is 3.90. The quantitative estimate of drug-likeness (QED) is 0.522. The first-order valence-corrected chi connectivity index (χ1v) is 6.88. The Balaban J connectivity index is 2.15. The first kappa shape index (κ1) is 14.7. The van der Waals surface area contributed by atoms with Crippen molar-refractivity contribution in [3.63, 3.8) is 0 Å². The van der Waals surface area contributed by atoms with Gasteiger partial charge in [0.05, 0.1) is 17.7 Å². The van der Waals surface area contributed by atoms with Gasteiger partial charge in [-0.2, -0.15) is 11.3 Å². The summed E-state index contributed by atoms with van der Waals surface area (Å²) in [6.45, 7) is 0. The minimum absolute atomic E-state index is 0.118. The fraction of sp³-hybridized carbons (Fsp3) is 0.0714. The lowest BCUT2D eigenvalue weighted by Gasteiger charge is -2.08. The van der Waals surface area contributed by atoms with Crippen LogP contribution in [0.5, 0.6) is 5.75 Å². The molecule has 7 heteroatoms. The Labute approximate surface area is 124 Å². The second-order valence-electron chi connectivity index (χ2n) is 4.02. The minimum atomic E-state index is -0.531. The Morgan fingerprint density at radius 3 is 2.86 bits per heavy atom. The van der Waals surface area contributed by atoms with Gasteiger partial charge in [-0.3, -0.25) is 14.9 Å². The maximum absolute atomic E-state index is 11.8. The van der Waals surface area contributed by atoms with E-state index in [0.29, 0.717) is 5.75 Å². The topological polar surface area (TPSA) is 81.5 Å². The number of ether oxygens (including phenoxy) is 1. The maximum atomic E-state index is 11.8. The lowest BCUT2D eigenvalue weighted by Crippen LogP contribution is -2.09. The van der Waals surface area contributed by atoms with E-state index in [4.69, 9.17) is 4.74 Å². The van der Waals surface area contributed by atoms with Crippen LogP contribution in [0.3, 0.4) is 0 Å². The number of non-ortho nitro benzene ring substituents is 1. The largest absolute Gasteiger partial charge is 0.495 e. The number of nitro groups is 1. The highest BCUT2D eigenvalue weighted by Crippen LogP contribution is 2.28. The van der Waals surface area contributed by atoms with Crippen LogP contribution in [0.2, 0.25) is 0 Å². The molecule has 2 aromatic rings. The van der Waals surface area contributed by atoms with E-state index < -0.39 is 4.92 Å². The van der Waals surface area contributed by atoms with Gasteiger partial charge in [0.25, 0.3) is 5.69 Å². The van der Waals surface area contributed by atoms with Crippen LogP contribution < -0.4 is 10.1 Å². The monoisotopic (exact) mass is 304 g/mol. The highest BCUT2D eigenvalue weighted by molar-refractivity contribution is 7.08. The summed E-state index contributed by atoms with van der Waals surface area (Å²) in [5.74, 6) is -0.0297. The van der Waals surface area contributed by atoms with Gasteiger partial charge < -0.3 is 10.1 Å². The van der Waals surface area contributed by atoms with Crippen LogP contribution in [-0.4, -0.2) is 17.9 Å². The third-order valence-corrected chi connectivity index (χ3v) is 3.32. The van der Waals surface area contributed by atoms with Crippen molar-refractivity contribution in [2.75, 3.05) is 12.4 Å². The summed E-state index contributed by atoms with van der Waals surface area (Å²) >= 11 is 1.53. The average Bonchev–Trinajstić information content (AvgIpc) is 2.98. The summed E-state index contributed by atoms with van der Waals surface area (Å²) in [6.07, 6.45) is 3.02. The third-order valence-electron chi connectivity index (χ3n) is 2.62. The fourth-order valence-electron chi connectivity index (χ4n) is 1.62. The van der Waals surface area contributed by atoms with Gasteiger partial charge in [-0.05, 0) is 34.5 Å². The summed E-state index contributed by atoms with van der Waals surface area (Å²) in [7, 11) is 1.43. The number of methoxy groups -OCH3 is 1. The second kappa shape index (κ2) is 6.67. The number of nitro benzene ring substituents is 1. The lowest BCUT2D eigenvalue weighted by molar-refractivity contribution is -0.384. The fourth-order valence-corrected chi connectivity index (χ4v) is 2.25. The zero-order chi connectivity index (χ0) is 15.2. The van der Waals surface area contributed by atoms with E-state index in [1.54, 1.807) is 6.08 Å². The summed E-state index contributed by atoms with van der Waals surface area (Å²) in [4.78, 5) is 22.1. The number of hydrogen-bond donors (Lipinski definition) is 1. The zero-order valence-corrected chi connectivity index (χ0v) is 11.9. The molecule has 1 N–H and O–H groups in total. The van der Waals surface area contributed by atoms with Crippen molar-refractivity contribution >= 4 is 34.7 Å². The van der Waals surface area contributed by atoms with Crippen molar-refractivity contribution in [2.45, 2.75) is 0 Å². The molecule has 0 aliphatic rings. The van der Waals surface area contributed by atoms with Gasteiger partial charge >= 0.3 is 0 Å². The predicted octanol–water partition coefficient (Wildman–Crippen LogP) is 3.32. The summed E-state index contributed by atoms with van der Waals surface area (Å²) < 4.78 is 5.07. The number of nitrogens with one attached hydrogen (secondary N) is 1. The molecule has 108 valence electrons. The van der Waals surface area contributed by atoms with E-state index in [1.807, 2.05) is 16.8 Å². The molecule has 1 heterocycles. The summed E-state index contributed by atoms with van der Waals surface area (Å²) in [5, 5.41) is 17.1. The molecule has 0 fully saturated rings. The number of carbonyl (C=O) groups is 1. The average molecular weight is 304 g/mol. The van der Waals surface area contributed by atoms with Gasteiger partial charge in [0.15, 0.2) is 0 Å². The highest BCUT2D eigenvalue weighted by Gasteiger charge is 2.12. The van der Waals surface area contributed by atoms with Crippen molar-refractivity contribution in [1.29, 1.82) is 0 Å². The first-order chi connectivity index (χ1) is 10.1. The van der Waals surface area contributed by atoms with Crippen LogP contribution in [0.15, 0.2) is 41.1 Å². The lowest BCUT2D eigenvalue weighted by atomic mass is 10.2.